The molecule has 0 bridgehead atoms. The molecular weight excluding hydrogens is 346 g/mol. The number of rotatable bonds is 6. The summed E-state index contributed by atoms with van der Waals surface area (Å²) in [6.45, 7) is 6.01. The number of nitrogens with one attached hydrogen (secondary N) is 1. The maximum Gasteiger partial charge on any atom is 0.234 e. The molecule has 0 spiro atoms. The van der Waals surface area contributed by atoms with Crippen LogP contribution in [0.15, 0.2) is 47.8 Å². The van der Waals surface area contributed by atoms with Gasteiger partial charge < -0.3 is 5.32 Å². The van der Waals surface area contributed by atoms with Crippen molar-refractivity contribution in [2.75, 3.05) is 11.1 Å². The number of thioether (sulfide) groups is 1. The Balaban J connectivity index is 1.63. The van der Waals surface area contributed by atoms with E-state index < -0.39 is 0 Å². The number of nitrogens with zero attached hydrogens (tertiary/aromatic N) is 4. The van der Waals surface area contributed by atoms with E-state index in [-0.39, 0.29) is 11.7 Å². The highest BCUT2D eigenvalue weighted by atomic mass is 32.2. The molecular formula is C19H21N5OS. The summed E-state index contributed by atoms with van der Waals surface area (Å²) in [6.07, 6.45) is 2.44. The Morgan fingerprint density at radius 2 is 2.04 bits per heavy atom. The summed E-state index contributed by atoms with van der Waals surface area (Å²) in [5.41, 5.74) is 3.96. The summed E-state index contributed by atoms with van der Waals surface area (Å²) >= 11 is 1.37. The molecule has 26 heavy (non-hydrogen) atoms. The lowest BCUT2D eigenvalue weighted by Crippen LogP contribution is -2.14. The van der Waals surface area contributed by atoms with Crippen molar-refractivity contribution < 1.29 is 4.79 Å². The van der Waals surface area contributed by atoms with Gasteiger partial charge in [0.1, 0.15) is 11.4 Å². The molecule has 1 N–H and O–H groups in total. The topological polar surface area (TPSA) is 72.7 Å². The number of aryl methyl sites for hydroxylation is 3. The normalized spacial score (nSPS) is 10.7. The van der Waals surface area contributed by atoms with E-state index in [9.17, 15) is 4.79 Å². The predicted octanol–water partition coefficient (Wildman–Crippen LogP) is 3.57. The minimum atomic E-state index is -0.0606. The molecule has 3 rings (SSSR count). The first-order valence-corrected chi connectivity index (χ1v) is 9.41. The first-order valence-electron chi connectivity index (χ1n) is 8.42. The summed E-state index contributed by atoms with van der Waals surface area (Å²) in [5, 5.41) is 8.09. The molecule has 3 aromatic rings. The lowest BCUT2D eigenvalue weighted by atomic mass is 10.1. The summed E-state index contributed by atoms with van der Waals surface area (Å²) in [6, 6.07) is 11.7. The highest BCUT2D eigenvalue weighted by Crippen LogP contribution is 2.19. The molecule has 1 amide bonds. The van der Waals surface area contributed by atoms with Crippen LogP contribution in [-0.2, 0) is 11.2 Å². The molecule has 0 fully saturated rings. The van der Waals surface area contributed by atoms with Gasteiger partial charge in [-0.25, -0.2) is 14.6 Å². The second-order valence-electron chi connectivity index (χ2n) is 5.94. The van der Waals surface area contributed by atoms with Crippen LogP contribution in [0.2, 0.25) is 0 Å². The van der Waals surface area contributed by atoms with Crippen LogP contribution >= 0.6 is 11.8 Å². The number of aromatic nitrogens is 4. The highest BCUT2D eigenvalue weighted by molar-refractivity contribution is 7.99. The molecule has 0 unspecified atom stereocenters. The van der Waals surface area contributed by atoms with Gasteiger partial charge in [-0.05, 0) is 44.0 Å². The minimum absolute atomic E-state index is 0.0606. The number of anilines is 1. The second-order valence-corrected chi connectivity index (χ2v) is 6.94. The van der Waals surface area contributed by atoms with Gasteiger partial charge in [-0.3, -0.25) is 4.79 Å². The number of amides is 1. The van der Waals surface area contributed by atoms with Gasteiger partial charge in [0.25, 0.3) is 0 Å². The Kier molecular flexibility index (Phi) is 5.68. The Bertz CT molecular complexity index is 922. The highest BCUT2D eigenvalue weighted by Gasteiger charge is 2.09. The van der Waals surface area contributed by atoms with E-state index in [1.165, 1.54) is 23.7 Å². The molecule has 0 radical (unpaired) electrons. The van der Waals surface area contributed by atoms with Gasteiger partial charge in [-0.1, -0.05) is 30.8 Å². The lowest BCUT2D eigenvalue weighted by Gasteiger charge is -2.07. The molecule has 1 aromatic carbocycles. The Labute approximate surface area is 157 Å². The van der Waals surface area contributed by atoms with Crippen LogP contribution in [0.1, 0.15) is 23.9 Å². The van der Waals surface area contributed by atoms with Crippen molar-refractivity contribution in [3.63, 3.8) is 0 Å². The van der Waals surface area contributed by atoms with Crippen LogP contribution in [0.4, 0.5) is 5.69 Å². The fraction of sp³-hybridized carbons (Fsp3) is 0.263. The fourth-order valence-electron chi connectivity index (χ4n) is 2.59. The average Bonchev–Trinajstić information content (AvgIpc) is 2.98. The van der Waals surface area contributed by atoms with E-state index in [0.29, 0.717) is 5.82 Å². The molecule has 0 saturated carbocycles. The maximum atomic E-state index is 12.2. The molecule has 7 heteroatoms. The standard InChI is InChI=1S/C19H21N5OS/c1-4-15-6-5-7-16(9-15)22-18(25)11-26-19-10-17(20-12-21-19)24-14(3)8-13(2)23-24/h5-10,12H,4,11H2,1-3H3,(H,22,25). The van der Waals surface area contributed by atoms with Gasteiger partial charge in [-0.2, -0.15) is 5.10 Å². The molecule has 6 nitrogen and oxygen atoms in total. The second kappa shape index (κ2) is 8.14. The molecule has 0 aliphatic carbocycles. The van der Waals surface area contributed by atoms with E-state index in [1.54, 1.807) is 4.68 Å². The molecule has 0 saturated heterocycles. The van der Waals surface area contributed by atoms with Crippen LogP contribution in [0.3, 0.4) is 0 Å². The number of carbonyl (C=O) groups excluding carboxylic acids is 1. The zero-order chi connectivity index (χ0) is 18.5. The van der Waals surface area contributed by atoms with E-state index in [2.05, 4.69) is 27.3 Å². The third-order valence-electron chi connectivity index (χ3n) is 3.82. The number of carbonyl (C=O) groups is 1. The predicted molar refractivity (Wildman–Crippen MR) is 104 cm³/mol. The van der Waals surface area contributed by atoms with Crippen molar-refractivity contribution in [3.05, 3.63) is 59.7 Å². The van der Waals surface area contributed by atoms with Gasteiger partial charge in [0.05, 0.1) is 11.4 Å². The summed E-state index contributed by atoms with van der Waals surface area (Å²) in [5.74, 6) is 0.919. The summed E-state index contributed by atoms with van der Waals surface area (Å²) in [7, 11) is 0. The Hall–Kier alpha value is -2.67. The molecule has 0 atom stereocenters. The van der Waals surface area contributed by atoms with Gasteiger partial charge in [0.2, 0.25) is 5.91 Å². The molecule has 2 heterocycles. The van der Waals surface area contributed by atoms with Gasteiger partial charge >= 0.3 is 0 Å². The molecule has 0 aliphatic heterocycles. The third-order valence-corrected chi connectivity index (χ3v) is 4.75. The van der Waals surface area contributed by atoms with Crippen LogP contribution in [-0.4, -0.2) is 31.4 Å². The first-order chi connectivity index (χ1) is 12.5. The van der Waals surface area contributed by atoms with Crippen LogP contribution in [0.5, 0.6) is 0 Å². The molecule has 134 valence electrons. The quantitative estimate of drug-likeness (QED) is 0.533. The SMILES string of the molecule is CCc1cccc(NC(=O)CSc2cc(-n3nc(C)cc3C)ncn2)c1. The van der Waals surface area contributed by atoms with Crippen molar-refractivity contribution in [2.24, 2.45) is 0 Å². The van der Waals surface area contributed by atoms with E-state index in [1.807, 2.05) is 50.2 Å². The fourth-order valence-corrected chi connectivity index (χ4v) is 3.25. The summed E-state index contributed by atoms with van der Waals surface area (Å²) in [4.78, 5) is 20.7. The molecule has 0 aliphatic rings. The van der Waals surface area contributed by atoms with Crippen LogP contribution in [0.25, 0.3) is 5.82 Å². The minimum Gasteiger partial charge on any atom is -0.325 e. The first kappa shape index (κ1) is 18.1. The number of hydrogen-bond donors (Lipinski definition) is 1. The number of hydrogen-bond acceptors (Lipinski definition) is 5. The lowest BCUT2D eigenvalue weighted by molar-refractivity contribution is -0.113. The third kappa shape index (κ3) is 4.49. The smallest absolute Gasteiger partial charge is 0.234 e. The van der Waals surface area contributed by atoms with Crippen LogP contribution < -0.4 is 5.32 Å². The van der Waals surface area contributed by atoms with Crippen molar-refractivity contribution in [1.82, 2.24) is 19.7 Å². The maximum absolute atomic E-state index is 12.2. The Morgan fingerprint density at radius 1 is 1.19 bits per heavy atom. The molecule has 2 aromatic heterocycles. The monoisotopic (exact) mass is 367 g/mol. The van der Waals surface area contributed by atoms with Crippen molar-refractivity contribution >= 4 is 23.4 Å². The zero-order valence-electron chi connectivity index (χ0n) is 15.1. The van der Waals surface area contributed by atoms with Crippen molar-refractivity contribution in [3.8, 4) is 5.82 Å². The van der Waals surface area contributed by atoms with E-state index >= 15 is 0 Å². The van der Waals surface area contributed by atoms with E-state index in [4.69, 9.17) is 0 Å². The van der Waals surface area contributed by atoms with Gasteiger partial charge in [0, 0.05) is 17.4 Å². The van der Waals surface area contributed by atoms with E-state index in [0.717, 1.165) is 28.5 Å². The zero-order valence-corrected chi connectivity index (χ0v) is 15.9. The number of benzene rings is 1. The average molecular weight is 367 g/mol. The van der Waals surface area contributed by atoms with Crippen molar-refractivity contribution in [2.45, 2.75) is 32.2 Å². The Morgan fingerprint density at radius 3 is 2.77 bits per heavy atom. The van der Waals surface area contributed by atoms with Crippen LogP contribution in [0, 0.1) is 13.8 Å². The largest absolute Gasteiger partial charge is 0.325 e. The van der Waals surface area contributed by atoms with Crippen molar-refractivity contribution in [1.29, 1.82) is 0 Å². The van der Waals surface area contributed by atoms with Gasteiger partial charge in [-0.15, -0.1) is 0 Å². The van der Waals surface area contributed by atoms with Gasteiger partial charge in [0.15, 0.2) is 5.82 Å². The summed E-state index contributed by atoms with van der Waals surface area (Å²) < 4.78 is 1.78.